The highest BCUT2D eigenvalue weighted by Gasteiger charge is 2.31. The number of carbonyl (C=O) groups excluding carboxylic acids is 2. The maximum atomic E-state index is 12.9. The van der Waals surface area contributed by atoms with E-state index in [9.17, 15) is 22.8 Å². The zero-order valence-electron chi connectivity index (χ0n) is 19.4. The highest BCUT2D eigenvalue weighted by Crippen LogP contribution is 2.31. The molecule has 2 aromatic rings. The molecule has 3 rings (SSSR count). The number of benzene rings is 2. The number of amides is 2. The summed E-state index contributed by atoms with van der Waals surface area (Å²) in [6.45, 7) is 3.69. The van der Waals surface area contributed by atoms with Crippen molar-refractivity contribution >= 4 is 17.5 Å². The largest absolute Gasteiger partial charge is 0.496 e. The Morgan fingerprint density at radius 1 is 1.12 bits per heavy atom. The van der Waals surface area contributed by atoms with Gasteiger partial charge in [-0.15, -0.1) is 0 Å². The molecular formula is C24H29F3N4O3. The summed E-state index contributed by atoms with van der Waals surface area (Å²) in [6.07, 6.45) is -4.37. The van der Waals surface area contributed by atoms with Gasteiger partial charge in [-0.25, -0.2) is 0 Å². The quantitative estimate of drug-likeness (QED) is 0.639. The maximum absolute atomic E-state index is 12.9. The van der Waals surface area contributed by atoms with Crippen molar-refractivity contribution in [2.45, 2.75) is 25.7 Å². The minimum atomic E-state index is -4.37. The number of alkyl halides is 3. The molecule has 10 heteroatoms. The highest BCUT2D eigenvalue weighted by atomic mass is 19.4. The lowest BCUT2D eigenvalue weighted by atomic mass is 10.0. The Kier molecular flexibility index (Phi) is 8.16. The molecule has 184 valence electrons. The van der Waals surface area contributed by atoms with Gasteiger partial charge >= 0.3 is 6.18 Å². The van der Waals surface area contributed by atoms with Gasteiger partial charge in [-0.05, 0) is 42.9 Å². The molecule has 2 amide bonds. The van der Waals surface area contributed by atoms with E-state index in [-0.39, 0.29) is 30.9 Å². The van der Waals surface area contributed by atoms with Crippen LogP contribution in [0.3, 0.4) is 0 Å². The van der Waals surface area contributed by atoms with Gasteiger partial charge in [-0.2, -0.15) is 13.2 Å². The number of piperazine rings is 1. The molecule has 1 fully saturated rings. The number of methoxy groups -OCH3 is 1. The van der Waals surface area contributed by atoms with E-state index < -0.39 is 11.7 Å². The van der Waals surface area contributed by atoms with Gasteiger partial charge in [0.2, 0.25) is 11.8 Å². The lowest BCUT2D eigenvalue weighted by Crippen LogP contribution is -2.49. The second-order valence-corrected chi connectivity index (χ2v) is 8.34. The van der Waals surface area contributed by atoms with E-state index in [1.165, 1.54) is 26.2 Å². The van der Waals surface area contributed by atoms with E-state index in [1.807, 2.05) is 11.9 Å². The van der Waals surface area contributed by atoms with E-state index in [0.717, 1.165) is 23.3 Å². The molecule has 0 radical (unpaired) electrons. The summed E-state index contributed by atoms with van der Waals surface area (Å²) in [4.78, 5) is 28.0. The summed E-state index contributed by atoms with van der Waals surface area (Å²) >= 11 is 0. The fourth-order valence-electron chi connectivity index (χ4n) is 3.98. The molecule has 1 aliphatic heterocycles. The van der Waals surface area contributed by atoms with Gasteiger partial charge in [-0.3, -0.25) is 19.4 Å². The van der Waals surface area contributed by atoms with Gasteiger partial charge in [0.05, 0.1) is 19.2 Å². The number of nitrogens with one attached hydrogen (secondary N) is 2. The summed E-state index contributed by atoms with van der Waals surface area (Å²) in [5.74, 6) is 0.219. The molecule has 0 aromatic heterocycles. The van der Waals surface area contributed by atoms with Crippen molar-refractivity contribution in [3.8, 4) is 5.75 Å². The minimum absolute atomic E-state index is 0.113. The van der Waals surface area contributed by atoms with Crippen LogP contribution in [0.4, 0.5) is 18.9 Å². The summed E-state index contributed by atoms with van der Waals surface area (Å²) in [6, 6.07) is 10.3. The Bertz CT molecular complexity index is 1010. The number of ether oxygens (including phenoxy) is 1. The molecule has 34 heavy (non-hydrogen) atoms. The zero-order chi connectivity index (χ0) is 24.9. The van der Waals surface area contributed by atoms with Crippen LogP contribution in [0, 0.1) is 0 Å². The Morgan fingerprint density at radius 3 is 2.44 bits per heavy atom. The molecule has 0 aliphatic carbocycles. The SMILES string of the molecule is COc1ccc(NC(C)=O)cc1CNC(=O)CN1CCN(C)C(c2ccc(C(F)(F)F)cc2)C1. The van der Waals surface area contributed by atoms with E-state index in [2.05, 4.69) is 15.5 Å². The molecule has 7 nitrogen and oxygen atoms in total. The molecule has 2 aromatic carbocycles. The van der Waals surface area contributed by atoms with E-state index in [1.54, 1.807) is 18.2 Å². The lowest BCUT2D eigenvalue weighted by Gasteiger charge is -2.39. The number of nitrogens with zero attached hydrogens (tertiary/aromatic N) is 2. The third kappa shape index (κ3) is 6.71. The second-order valence-electron chi connectivity index (χ2n) is 8.34. The van der Waals surface area contributed by atoms with Gasteiger partial charge in [0.1, 0.15) is 5.75 Å². The molecular weight excluding hydrogens is 449 g/mol. The molecule has 1 saturated heterocycles. The average molecular weight is 479 g/mol. The number of hydrogen-bond acceptors (Lipinski definition) is 5. The van der Waals surface area contributed by atoms with Gasteiger partial charge in [-0.1, -0.05) is 12.1 Å². The summed E-state index contributed by atoms with van der Waals surface area (Å²) in [5, 5.41) is 5.58. The van der Waals surface area contributed by atoms with Crippen LogP contribution in [0.15, 0.2) is 42.5 Å². The van der Waals surface area contributed by atoms with Crippen molar-refractivity contribution in [2.24, 2.45) is 0 Å². The molecule has 0 spiro atoms. The fourth-order valence-corrected chi connectivity index (χ4v) is 3.98. The molecule has 0 saturated carbocycles. The molecule has 2 N–H and O–H groups in total. The van der Waals surface area contributed by atoms with Crippen LogP contribution in [0.5, 0.6) is 5.75 Å². The highest BCUT2D eigenvalue weighted by molar-refractivity contribution is 5.88. The smallest absolute Gasteiger partial charge is 0.416 e. The van der Waals surface area contributed by atoms with Crippen LogP contribution in [0.2, 0.25) is 0 Å². The van der Waals surface area contributed by atoms with Crippen molar-refractivity contribution < 1.29 is 27.5 Å². The van der Waals surface area contributed by atoms with Crippen LogP contribution in [-0.2, 0) is 22.3 Å². The van der Waals surface area contributed by atoms with Gasteiger partial charge < -0.3 is 15.4 Å². The Morgan fingerprint density at radius 2 is 1.82 bits per heavy atom. The first-order valence-electron chi connectivity index (χ1n) is 10.9. The third-order valence-electron chi connectivity index (χ3n) is 5.80. The molecule has 1 aliphatic rings. The lowest BCUT2D eigenvalue weighted by molar-refractivity contribution is -0.137. The van der Waals surface area contributed by atoms with Gasteiger partial charge in [0, 0.05) is 50.4 Å². The van der Waals surface area contributed by atoms with E-state index in [0.29, 0.717) is 31.1 Å². The topological polar surface area (TPSA) is 73.9 Å². The van der Waals surface area contributed by atoms with Gasteiger partial charge in [0.15, 0.2) is 0 Å². The van der Waals surface area contributed by atoms with Gasteiger partial charge in [0.25, 0.3) is 0 Å². The number of hydrogen-bond donors (Lipinski definition) is 2. The number of rotatable bonds is 7. The second kappa shape index (κ2) is 10.9. The molecule has 0 bridgehead atoms. The van der Waals surface area contributed by atoms with Crippen molar-refractivity contribution in [3.63, 3.8) is 0 Å². The maximum Gasteiger partial charge on any atom is 0.416 e. The van der Waals surface area contributed by atoms with E-state index in [4.69, 9.17) is 4.74 Å². The Labute approximate surface area is 196 Å². The van der Waals surface area contributed by atoms with Crippen LogP contribution in [0.1, 0.15) is 29.7 Å². The summed E-state index contributed by atoms with van der Waals surface area (Å²) < 4.78 is 44.0. The van der Waals surface area contributed by atoms with Crippen molar-refractivity contribution in [3.05, 3.63) is 59.2 Å². The molecule has 1 atom stereocenters. The van der Waals surface area contributed by atoms with Crippen LogP contribution < -0.4 is 15.4 Å². The minimum Gasteiger partial charge on any atom is -0.496 e. The predicted molar refractivity (Wildman–Crippen MR) is 122 cm³/mol. The van der Waals surface area contributed by atoms with Crippen molar-refractivity contribution in [1.82, 2.24) is 15.1 Å². The predicted octanol–water partition coefficient (Wildman–Crippen LogP) is 3.28. The first-order chi connectivity index (χ1) is 16.1. The number of anilines is 1. The standard InChI is InChI=1S/C24H29F3N4O3/c1-16(32)29-20-8-9-22(34-3)18(12-20)13-28-23(33)15-31-11-10-30(2)21(14-31)17-4-6-19(7-5-17)24(25,26)27/h4-9,12,21H,10-11,13-15H2,1-3H3,(H,28,33)(H,29,32). The van der Waals surface area contributed by atoms with Crippen molar-refractivity contribution in [1.29, 1.82) is 0 Å². The third-order valence-corrected chi connectivity index (χ3v) is 5.80. The van der Waals surface area contributed by atoms with Crippen LogP contribution in [-0.4, -0.2) is 62.0 Å². The number of carbonyl (C=O) groups is 2. The normalized spacial score (nSPS) is 17.3. The zero-order valence-corrected chi connectivity index (χ0v) is 19.4. The summed E-state index contributed by atoms with van der Waals surface area (Å²) in [5.41, 5.74) is 1.43. The van der Waals surface area contributed by atoms with Crippen LogP contribution in [0.25, 0.3) is 0 Å². The summed E-state index contributed by atoms with van der Waals surface area (Å²) in [7, 11) is 3.46. The Balaban J connectivity index is 1.59. The average Bonchev–Trinajstić information content (AvgIpc) is 2.78. The monoisotopic (exact) mass is 478 g/mol. The Hall–Kier alpha value is -3.11. The fraction of sp³-hybridized carbons (Fsp3) is 0.417. The number of halogens is 3. The molecule has 1 heterocycles. The first kappa shape index (κ1) is 25.5. The van der Waals surface area contributed by atoms with Crippen molar-refractivity contribution in [2.75, 3.05) is 45.7 Å². The van der Waals surface area contributed by atoms with E-state index >= 15 is 0 Å². The first-order valence-corrected chi connectivity index (χ1v) is 10.9. The molecule has 1 unspecified atom stereocenters. The number of likely N-dealkylation sites (N-methyl/N-ethyl adjacent to an activating group) is 1. The van der Waals surface area contributed by atoms with Crippen LogP contribution >= 0.6 is 0 Å².